The smallest absolute Gasteiger partial charge is 0.139 e. The number of hydrogen-bond acceptors (Lipinski definition) is 2. The van der Waals surface area contributed by atoms with Crippen molar-refractivity contribution in [2.75, 3.05) is 11.9 Å². The monoisotopic (exact) mass is 337 g/mol. The first-order chi connectivity index (χ1) is 9.72. The molecule has 0 amide bonds. The maximum absolute atomic E-state index is 14.1. The topological polar surface area (TPSA) is 29.9 Å². The van der Waals surface area contributed by atoms with Crippen LogP contribution in [-0.2, 0) is 6.42 Å². The van der Waals surface area contributed by atoms with Gasteiger partial charge in [0.15, 0.2) is 0 Å². The Bertz CT molecular complexity index is 624. The van der Waals surface area contributed by atoms with E-state index in [1.54, 1.807) is 6.07 Å². The average molecular weight is 338 g/mol. The van der Waals surface area contributed by atoms with Crippen molar-refractivity contribution in [3.8, 4) is 0 Å². The number of hydrogen-bond donors (Lipinski definition) is 1. The van der Waals surface area contributed by atoms with E-state index in [1.807, 2.05) is 16.8 Å². The summed E-state index contributed by atoms with van der Waals surface area (Å²) >= 11 is 3.62. The zero-order chi connectivity index (χ0) is 14.1. The molecule has 0 spiro atoms. The Morgan fingerprint density at radius 3 is 3.00 bits per heavy atom. The van der Waals surface area contributed by atoms with Crippen LogP contribution < -0.4 is 5.32 Å². The molecule has 1 atom stereocenters. The van der Waals surface area contributed by atoms with Crippen LogP contribution in [0.2, 0.25) is 0 Å². The summed E-state index contributed by atoms with van der Waals surface area (Å²) < 4.78 is 17.0. The third-order valence-electron chi connectivity index (χ3n) is 3.68. The van der Waals surface area contributed by atoms with Crippen molar-refractivity contribution < 1.29 is 4.39 Å². The maximum atomic E-state index is 14.1. The molecule has 2 heterocycles. The van der Waals surface area contributed by atoms with Crippen LogP contribution in [0.5, 0.6) is 0 Å². The van der Waals surface area contributed by atoms with E-state index in [1.165, 1.54) is 6.07 Å². The molecule has 0 saturated heterocycles. The van der Waals surface area contributed by atoms with E-state index in [4.69, 9.17) is 0 Å². The van der Waals surface area contributed by atoms with Gasteiger partial charge in [0.05, 0.1) is 16.2 Å². The third-order valence-corrected chi connectivity index (χ3v) is 4.51. The number of rotatable bonds is 3. The second-order valence-electron chi connectivity index (χ2n) is 5.06. The van der Waals surface area contributed by atoms with Crippen LogP contribution in [0.3, 0.4) is 0 Å². The minimum Gasteiger partial charge on any atom is -0.369 e. The van der Waals surface area contributed by atoms with Gasteiger partial charge in [0.1, 0.15) is 11.6 Å². The van der Waals surface area contributed by atoms with E-state index in [-0.39, 0.29) is 11.9 Å². The van der Waals surface area contributed by atoms with Gasteiger partial charge in [0, 0.05) is 12.1 Å². The number of aryl methyl sites for hydroxylation is 1. The molecule has 1 unspecified atom stereocenters. The van der Waals surface area contributed by atoms with Crippen LogP contribution in [0.15, 0.2) is 28.7 Å². The van der Waals surface area contributed by atoms with E-state index in [9.17, 15) is 4.39 Å². The summed E-state index contributed by atoms with van der Waals surface area (Å²) in [6.45, 7) is 2.96. The molecule has 3 nitrogen and oxygen atoms in total. The fraction of sp³-hybridized carbons (Fsp3) is 0.400. The lowest BCUT2D eigenvalue weighted by atomic mass is 10.0. The third kappa shape index (κ3) is 2.24. The Morgan fingerprint density at radius 1 is 1.45 bits per heavy atom. The second kappa shape index (κ2) is 5.56. The number of aromatic nitrogens is 2. The highest BCUT2D eigenvalue weighted by Crippen LogP contribution is 2.36. The zero-order valence-corrected chi connectivity index (χ0v) is 13.0. The van der Waals surface area contributed by atoms with Crippen molar-refractivity contribution in [3.05, 3.63) is 45.8 Å². The van der Waals surface area contributed by atoms with Crippen molar-refractivity contribution in [1.82, 2.24) is 9.78 Å². The van der Waals surface area contributed by atoms with Gasteiger partial charge in [-0.05, 0) is 34.8 Å². The summed E-state index contributed by atoms with van der Waals surface area (Å²) in [6.07, 6.45) is 2.80. The Hall–Kier alpha value is -1.36. The number of fused-ring (bicyclic) bond motifs is 1. The number of anilines is 1. The van der Waals surface area contributed by atoms with Crippen LogP contribution in [0, 0.1) is 5.82 Å². The lowest BCUT2D eigenvalue weighted by Crippen LogP contribution is -2.25. The van der Waals surface area contributed by atoms with Crippen molar-refractivity contribution in [3.63, 3.8) is 0 Å². The van der Waals surface area contributed by atoms with Crippen molar-refractivity contribution in [1.29, 1.82) is 0 Å². The first-order valence-electron chi connectivity index (χ1n) is 6.97. The second-order valence-corrected chi connectivity index (χ2v) is 5.85. The first-order valence-corrected chi connectivity index (χ1v) is 7.76. The van der Waals surface area contributed by atoms with Crippen molar-refractivity contribution in [2.24, 2.45) is 0 Å². The van der Waals surface area contributed by atoms with E-state index in [2.05, 4.69) is 33.3 Å². The SMILES string of the molecule is CCCc1nn2c(c1Br)NCCC2c1ccccc1F. The number of halogens is 2. The summed E-state index contributed by atoms with van der Waals surface area (Å²) in [6, 6.07) is 6.94. The largest absolute Gasteiger partial charge is 0.369 e. The molecule has 2 aromatic rings. The molecular weight excluding hydrogens is 321 g/mol. The van der Waals surface area contributed by atoms with Crippen LogP contribution in [-0.4, -0.2) is 16.3 Å². The highest BCUT2D eigenvalue weighted by atomic mass is 79.9. The van der Waals surface area contributed by atoms with E-state index >= 15 is 0 Å². The van der Waals surface area contributed by atoms with Gasteiger partial charge in [-0.1, -0.05) is 31.5 Å². The minimum atomic E-state index is -0.158. The Labute approximate surface area is 126 Å². The highest BCUT2D eigenvalue weighted by molar-refractivity contribution is 9.10. The summed E-state index contributed by atoms with van der Waals surface area (Å²) in [5.41, 5.74) is 1.76. The lowest BCUT2D eigenvalue weighted by molar-refractivity contribution is 0.455. The molecule has 0 bridgehead atoms. The summed E-state index contributed by atoms with van der Waals surface area (Å²) in [4.78, 5) is 0. The summed E-state index contributed by atoms with van der Waals surface area (Å²) in [5.74, 6) is 0.807. The molecule has 0 aliphatic carbocycles. The van der Waals surface area contributed by atoms with Gasteiger partial charge in [0.25, 0.3) is 0 Å². The van der Waals surface area contributed by atoms with Gasteiger partial charge < -0.3 is 5.32 Å². The molecule has 1 aliphatic rings. The molecule has 3 rings (SSSR count). The standard InChI is InChI=1S/C15H17BrFN3/c1-2-5-12-14(16)15-18-9-8-13(20(15)19-12)10-6-3-4-7-11(10)17/h3-4,6-7,13,18H,2,5,8-9H2,1H3. The lowest BCUT2D eigenvalue weighted by Gasteiger charge is -2.26. The Morgan fingerprint density at radius 2 is 2.25 bits per heavy atom. The molecule has 1 aliphatic heterocycles. The van der Waals surface area contributed by atoms with Gasteiger partial charge in [-0.3, -0.25) is 0 Å². The Balaban J connectivity index is 2.06. The maximum Gasteiger partial charge on any atom is 0.139 e. The predicted molar refractivity (Wildman–Crippen MR) is 81.6 cm³/mol. The molecule has 1 N–H and O–H groups in total. The van der Waals surface area contributed by atoms with E-state index < -0.39 is 0 Å². The quantitative estimate of drug-likeness (QED) is 0.911. The molecule has 0 saturated carbocycles. The normalized spacial score (nSPS) is 17.6. The van der Waals surface area contributed by atoms with Gasteiger partial charge in [0.2, 0.25) is 0 Å². The fourth-order valence-electron chi connectivity index (χ4n) is 2.72. The molecule has 5 heteroatoms. The molecule has 1 aromatic carbocycles. The molecule has 0 fully saturated rings. The number of nitrogens with one attached hydrogen (secondary N) is 1. The zero-order valence-electron chi connectivity index (χ0n) is 11.4. The molecule has 20 heavy (non-hydrogen) atoms. The number of nitrogens with zero attached hydrogens (tertiary/aromatic N) is 2. The Kier molecular flexibility index (Phi) is 3.78. The van der Waals surface area contributed by atoms with E-state index in [0.717, 1.165) is 41.8 Å². The van der Waals surface area contributed by atoms with Crippen molar-refractivity contribution >= 4 is 21.7 Å². The van der Waals surface area contributed by atoms with Gasteiger partial charge >= 0.3 is 0 Å². The van der Waals surface area contributed by atoms with Gasteiger partial charge in [-0.2, -0.15) is 5.10 Å². The highest BCUT2D eigenvalue weighted by Gasteiger charge is 2.27. The van der Waals surface area contributed by atoms with Crippen LogP contribution in [0.1, 0.15) is 37.1 Å². The van der Waals surface area contributed by atoms with Gasteiger partial charge in [-0.15, -0.1) is 0 Å². The van der Waals surface area contributed by atoms with E-state index in [0.29, 0.717) is 5.56 Å². The first kappa shape index (κ1) is 13.6. The predicted octanol–water partition coefficient (Wildman–Crippen LogP) is 4.14. The molecule has 1 aromatic heterocycles. The van der Waals surface area contributed by atoms with Crippen LogP contribution in [0.25, 0.3) is 0 Å². The fourth-order valence-corrected chi connectivity index (χ4v) is 3.32. The van der Waals surface area contributed by atoms with Crippen LogP contribution in [0.4, 0.5) is 10.2 Å². The van der Waals surface area contributed by atoms with Gasteiger partial charge in [-0.25, -0.2) is 9.07 Å². The molecule has 106 valence electrons. The molecular formula is C15H17BrFN3. The summed E-state index contributed by atoms with van der Waals surface area (Å²) in [5, 5.41) is 8.04. The van der Waals surface area contributed by atoms with Crippen molar-refractivity contribution in [2.45, 2.75) is 32.2 Å². The molecule has 0 radical (unpaired) electrons. The minimum absolute atomic E-state index is 0.0330. The average Bonchev–Trinajstić information content (AvgIpc) is 2.77. The number of benzene rings is 1. The van der Waals surface area contributed by atoms with Crippen LogP contribution >= 0.6 is 15.9 Å². The summed E-state index contributed by atoms with van der Waals surface area (Å²) in [7, 11) is 0.